The van der Waals surface area contributed by atoms with Gasteiger partial charge in [0.1, 0.15) is 14.3 Å². The fraction of sp³-hybridized carbons (Fsp3) is 0.333. The zero-order valence-electron chi connectivity index (χ0n) is 6.90. The van der Waals surface area contributed by atoms with Crippen LogP contribution in [0, 0.1) is 0 Å². The standard InChI is InChI=1S/C6H8O3S2.Na/c1-2-5-3-4-10-6(5)11(7,8)9;/h3-4H,2H2,1H3,(H,7,8,9);/q;+1/p-1. The molecule has 0 N–H and O–H groups in total. The summed E-state index contributed by atoms with van der Waals surface area (Å²) in [4.78, 5) is 0. The van der Waals surface area contributed by atoms with Crippen LogP contribution in [0.1, 0.15) is 12.5 Å². The first kappa shape index (κ1) is 12.6. The number of hydrogen-bond acceptors (Lipinski definition) is 4. The third-order valence-electron chi connectivity index (χ3n) is 1.31. The van der Waals surface area contributed by atoms with Gasteiger partial charge in [0.15, 0.2) is 0 Å². The second kappa shape index (κ2) is 4.74. The van der Waals surface area contributed by atoms with E-state index in [1.54, 1.807) is 11.4 Å². The second-order valence-electron chi connectivity index (χ2n) is 2.04. The average Bonchev–Trinajstić information content (AvgIpc) is 2.31. The normalized spacial score (nSPS) is 10.8. The quantitative estimate of drug-likeness (QED) is 0.432. The summed E-state index contributed by atoms with van der Waals surface area (Å²) in [5.74, 6) is 0. The Morgan fingerprint density at radius 2 is 2.17 bits per heavy atom. The van der Waals surface area contributed by atoms with Gasteiger partial charge in [-0.15, -0.1) is 11.3 Å². The molecule has 3 nitrogen and oxygen atoms in total. The molecular formula is C6H7NaO3S2. The first-order chi connectivity index (χ1) is 5.05. The van der Waals surface area contributed by atoms with Crippen molar-refractivity contribution in [1.82, 2.24) is 0 Å². The summed E-state index contributed by atoms with van der Waals surface area (Å²) in [6.07, 6.45) is 0.584. The molecule has 62 valence electrons. The van der Waals surface area contributed by atoms with Crippen LogP contribution in [0.25, 0.3) is 0 Å². The van der Waals surface area contributed by atoms with Crippen molar-refractivity contribution in [3.8, 4) is 0 Å². The van der Waals surface area contributed by atoms with Crippen molar-refractivity contribution in [1.29, 1.82) is 0 Å². The van der Waals surface area contributed by atoms with E-state index >= 15 is 0 Å². The molecule has 0 spiro atoms. The maximum absolute atomic E-state index is 10.5. The summed E-state index contributed by atoms with van der Waals surface area (Å²) in [5.41, 5.74) is 0.616. The fourth-order valence-electron chi connectivity index (χ4n) is 0.803. The molecule has 0 aliphatic rings. The van der Waals surface area contributed by atoms with Crippen molar-refractivity contribution in [2.45, 2.75) is 17.6 Å². The number of rotatable bonds is 2. The first-order valence-corrected chi connectivity index (χ1v) is 5.36. The van der Waals surface area contributed by atoms with Gasteiger partial charge in [-0.3, -0.25) is 0 Å². The SMILES string of the molecule is CCc1ccsc1S(=O)(=O)[O-].[Na+]. The molecule has 0 saturated heterocycles. The molecule has 0 unspecified atom stereocenters. The summed E-state index contributed by atoms with van der Waals surface area (Å²) in [6.45, 7) is 1.82. The third kappa shape index (κ3) is 2.83. The molecular weight excluding hydrogens is 207 g/mol. The Hall–Kier alpha value is 0.610. The molecule has 12 heavy (non-hydrogen) atoms. The van der Waals surface area contributed by atoms with Crippen LogP contribution >= 0.6 is 11.3 Å². The van der Waals surface area contributed by atoms with Gasteiger partial charge >= 0.3 is 29.6 Å². The van der Waals surface area contributed by atoms with Crippen LogP contribution in [-0.2, 0) is 16.5 Å². The maximum atomic E-state index is 10.5. The molecule has 1 aromatic heterocycles. The molecule has 0 aromatic carbocycles. The van der Waals surface area contributed by atoms with E-state index in [0.717, 1.165) is 11.3 Å². The van der Waals surface area contributed by atoms with Gasteiger partial charge in [-0.25, -0.2) is 8.42 Å². The minimum Gasteiger partial charge on any atom is -0.743 e. The van der Waals surface area contributed by atoms with E-state index in [1.807, 2.05) is 6.92 Å². The first-order valence-electron chi connectivity index (χ1n) is 3.08. The summed E-state index contributed by atoms with van der Waals surface area (Å²) in [7, 11) is -4.23. The Kier molecular flexibility index (Phi) is 4.98. The molecule has 1 heterocycles. The minimum atomic E-state index is -4.23. The van der Waals surface area contributed by atoms with Crippen molar-refractivity contribution in [3.05, 3.63) is 17.0 Å². The fourth-order valence-corrected chi connectivity index (χ4v) is 2.69. The van der Waals surface area contributed by atoms with Crippen molar-refractivity contribution >= 4 is 21.5 Å². The van der Waals surface area contributed by atoms with Gasteiger partial charge in [-0.05, 0) is 23.4 Å². The molecule has 6 heteroatoms. The molecule has 0 fully saturated rings. The molecule has 0 aliphatic heterocycles. The molecule has 0 atom stereocenters. The molecule has 0 radical (unpaired) electrons. The predicted octanol–water partition coefficient (Wildman–Crippen LogP) is -1.78. The summed E-state index contributed by atoms with van der Waals surface area (Å²) < 4.78 is 31.5. The number of hydrogen-bond donors (Lipinski definition) is 0. The summed E-state index contributed by atoms with van der Waals surface area (Å²) in [5, 5.41) is 1.61. The zero-order chi connectivity index (χ0) is 8.48. The van der Waals surface area contributed by atoms with E-state index < -0.39 is 10.1 Å². The van der Waals surface area contributed by atoms with Crippen LogP contribution in [0.5, 0.6) is 0 Å². The Morgan fingerprint density at radius 3 is 2.50 bits per heavy atom. The molecule has 1 aromatic rings. The summed E-state index contributed by atoms with van der Waals surface area (Å²) >= 11 is 0.981. The Labute approximate surface area is 97.8 Å². The van der Waals surface area contributed by atoms with Crippen LogP contribution in [-0.4, -0.2) is 13.0 Å². The molecule has 0 aliphatic carbocycles. The van der Waals surface area contributed by atoms with Crippen LogP contribution in [0.15, 0.2) is 15.7 Å². The largest absolute Gasteiger partial charge is 1.00 e. The molecule has 0 saturated carbocycles. The monoisotopic (exact) mass is 214 g/mol. The van der Waals surface area contributed by atoms with Gasteiger partial charge in [-0.2, -0.15) is 0 Å². The van der Waals surface area contributed by atoms with E-state index in [1.165, 1.54) is 0 Å². The van der Waals surface area contributed by atoms with Gasteiger partial charge in [-0.1, -0.05) is 6.92 Å². The van der Waals surface area contributed by atoms with Gasteiger partial charge < -0.3 is 4.55 Å². The smallest absolute Gasteiger partial charge is 0.743 e. The van der Waals surface area contributed by atoms with Crippen molar-refractivity contribution in [2.24, 2.45) is 0 Å². The number of thiophene rings is 1. The van der Waals surface area contributed by atoms with E-state index in [4.69, 9.17) is 0 Å². The molecule has 1 rings (SSSR count). The molecule has 0 amide bonds. The van der Waals surface area contributed by atoms with Crippen LogP contribution in [0.4, 0.5) is 0 Å². The number of aryl methyl sites for hydroxylation is 1. The van der Waals surface area contributed by atoms with Crippen molar-refractivity contribution in [3.63, 3.8) is 0 Å². The van der Waals surface area contributed by atoms with Crippen LogP contribution in [0.2, 0.25) is 0 Å². The Bertz CT molecular complexity index is 341. The second-order valence-corrected chi connectivity index (χ2v) is 4.53. The van der Waals surface area contributed by atoms with Crippen molar-refractivity contribution in [2.75, 3.05) is 0 Å². The average molecular weight is 214 g/mol. The van der Waals surface area contributed by atoms with Gasteiger partial charge in [0.2, 0.25) is 0 Å². The maximum Gasteiger partial charge on any atom is 1.00 e. The Balaban J connectivity index is 0.00000121. The van der Waals surface area contributed by atoms with Gasteiger partial charge in [0.05, 0.1) is 0 Å². The topological polar surface area (TPSA) is 57.2 Å². The van der Waals surface area contributed by atoms with Crippen molar-refractivity contribution < 1.29 is 42.5 Å². The zero-order valence-corrected chi connectivity index (χ0v) is 10.5. The van der Waals surface area contributed by atoms with E-state index in [9.17, 15) is 13.0 Å². The van der Waals surface area contributed by atoms with Crippen LogP contribution in [0.3, 0.4) is 0 Å². The summed E-state index contributed by atoms with van der Waals surface area (Å²) in [6, 6.07) is 1.66. The van der Waals surface area contributed by atoms with Gasteiger partial charge in [0, 0.05) is 0 Å². The van der Waals surface area contributed by atoms with E-state index in [-0.39, 0.29) is 33.8 Å². The minimum absolute atomic E-state index is 0. The van der Waals surface area contributed by atoms with E-state index in [2.05, 4.69) is 0 Å². The third-order valence-corrected chi connectivity index (χ3v) is 3.68. The molecule has 0 bridgehead atoms. The Morgan fingerprint density at radius 1 is 1.58 bits per heavy atom. The predicted molar refractivity (Wildman–Crippen MR) is 41.7 cm³/mol. The van der Waals surface area contributed by atoms with Crippen LogP contribution < -0.4 is 29.6 Å². The van der Waals surface area contributed by atoms with Gasteiger partial charge in [0.25, 0.3) is 0 Å². The van der Waals surface area contributed by atoms with E-state index in [0.29, 0.717) is 12.0 Å².